The molecule has 1 atom stereocenters. The molecule has 0 saturated heterocycles. The Morgan fingerprint density at radius 2 is 1.72 bits per heavy atom. The topological polar surface area (TPSA) is 115 Å². The summed E-state index contributed by atoms with van der Waals surface area (Å²) < 4.78 is 0. The highest BCUT2D eigenvalue weighted by Gasteiger charge is 2.35. The summed E-state index contributed by atoms with van der Waals surface area (Å²) in [5.41, 5.74) is 4.32. The van der Waals surface area contributed by atoms with Crippen molar-refractivity contribution in [2.75, 3.05) is 5.01 Å². The van der Waals surface area contributed by atoms with Crippen molar-refractivity contribution >= 4 is 29.0 Å². The van der Waals surface area contributed by atoms with Gasteiger partial charge in [0.05, 0.1) is 17.0 Å². The lowest BCUT2D eigenvalue weighted by atomic mass is 9.87. The summed E-state index contributed by atoms with van der Waals surface area (Å²) in [6.45, 7) is 9.91. The van der Waals surface area contributed by atoms with E-state index in [2.05, 4.69) is 36.1 Å². The normalized spacial score (nSPS) is 16.0. The van der Waals surface area contributed by atoms with E-state index >= 15 is 0 Å². The third kappa shape index (κ3) is 4.88. The minimum Gasteiger partial charge on any atom is -0.505 e. The Bertz CT molecular complexity index is 1400. The van der Waals surface area contributed by atoms with Gasteiger partial charge >= 0.3 is 5.97 Å². The van der Waals surface area contributed by atoms with E-state index in [9.17, 15) is 19.8 Å². The van der Waals surface area contributed by atoms with Crippen LogP contribution in [0.2, 0.25) is 0 Å². The predicted molar refractivity (Wildman–Crippen MR) is 139 cm³/mol. The van der Waals surface area contributed by atoms with Gasteiger partial charge in [0.15, 0.2) is 11.8 Å². The number of nitrogens with zero attached hydrogens (tertiary/aromatic N) is 4. The lowest BCUT2D eigenvalue weighted by Crippen LogP contribution is -2.29. The number of aryl methyl sites for hydroxylation is 1. The molecule has 4 rings (SSSR count). The van der Waals surface area contributed by atoms with E-state index in [1.165, 1.54) is 17.1 Å². The average Bonchev–Trinajstić information content (AvgIpc) is 3.12. The number of phenolic OH excluding ortho intramolecular Hbond substituents is 1. The molecule has 1 unspecified atom stereocenters. The minimum atomic E-state index is -1.06. The maximum Gasteiger partial charge on any atom is 0.335 e. The fourth-order valence-electron chi connectivity index (χ4n) is 3.97. The summed E-state index contributed by atoms with van der Waals surface area (Å²) in [7, 11) is 0. The van der Waals surface area contributed by atoms with Crippen molar-refractivity contribution in [1.82, 2.24) is 0 Å². The summed E-state index contributed by atoms with van der Waals surface area (Å²) in [6, 6.07) is 16.5. The molecule has 1 heterocycles. The van der Waals surface area contributed by atoms with Crippen LogP contribution in [0.5, 0.6) is 5.75 Å². The first-order chi connectivity index (χ1) is 17.0. The number of carboxylic acid groups (broad SMARTS) is 1. The van der Waals surface area contributed by atoms with E-state index in [4.69, 9.17) is 0 Å². The fourth-order valence-corrected chi connectivity index (χ4v) is 3.97. The molecule has 3 aromatic carbocycles. The molecular formula is C28H28N4O4. The van der Waals surface area contributed by atoms with E-state index < -0.39 is 12.0 Å². The van der Waals surface area contributed by atoms with Crippen LogP contribution >= 0.6 is 0 Å². The summed E-state index contributed by atoms with van der Waals surface area (Å²) in [6.07, 6.45) is 0. The number of benzene rings is 3. The Morgan fingerprint density at radius 3 is 2.36 bits per heavy atom. The maximum absolute atomic E-state index is 13.1. The first kappa shape index (κ1) is 24.8. The number of carbonyl (C=O) groups excluding carboxylic acids is 1. The van der Waals surface area contributed by atoms with Crippen molar-refractivity contribution in [3.8, 4) is 16.9 Å². The number of hydrogen-bond donors (Lipinski definition) is 2. The third-order valence-corrected chi connectivity index (χ3v) is 6.01. The van der Waals surface area contributed by atoms with Crippen molar-refractivity contribution in [2.24, 2.45) is 15.3 Å². The number of amides is 1. The van der Waals surface area contributed by atoms with E-state index in [1.807, 2.05) is 31.2 Å². The molecule has 2 N–H and O–H groups in total. The molecule has 0 aliphatic carbocycles. The van der Waals surface area contributed by atoms with Gasteiger partial charge in [-0.2, -0.15) is 20.3 Å². The number of hydrazone groups is 1. The molecule has 0 aromatic heterocycles. The molecule has 8 heteroatoms. The SMILES string of the molecule is CC1=NN(c2ccc(C(C)(C)C)cc2)C(=O)C1N=Nc1cc(C)cc(-c2cccc(C(=O)O)c2)c1O. The van der Waals surface area contributed by atoms with Gasteiger partial charge < -0.3 is 10.2 Å². The number of rotatable bonds is 5. The molecule has 0 radical (unpaired) electrons. The zero-order valence-corrected chi connectivity index (χ0v) is 20.9. The van der Waals surface area contributed by atoms with Gasteiger partial charge in [0.1, 0.15) is 5.69 Å². The Balaban J connectivity index is 1.61. The standard InChI is InChI=1S/C28H28N4O4/c1-16-13-22(18-7-6-8-19(15-18)27(35)36)25(33)23(14-16)29-30-24-17(2)31-32(26(24)34)21-11-9-20(10-12-21)28(3,4)5/h6-15,24,33H,1-5H3,(H,35,36). The Morgan fingerprint density at radius 1 is 1.03 bits per heavy atom. The van der Waals surface area contributed by atoms with Crippen LogP contribution in [0, 0.1) is 6.92 Å². The van der Waals surface area contributed by atoms with Crippen molar-refractivity contribution in [1.29, 1.82) is 0 Å². The lowest BCUT2D eigenvalue weighted by molar-refractivity contribution is -0.117. The second kappa shape index (κ2) is 9.37. The molecule has 3 aromatic rings. The van der Waals surface area contributed by atoms with Gasteiger partial charge in [-0.3, -0.25) is 4.79 Å². The van der Waals surface area contributed by atoms with Crippen molar-refractivity contribution < 1.29 is 19.8 Å². The summed E-state index contributed by atoms with van der Waals surface area (Å²) >= 11 is 0. The molecule has 0 fully saturated rings. The molecule has 1 aliphatic heterocycles. The van der Waals surface area contributed by atoms with E-state index in [-0.39, 0.29) is 28.3 Å². The number of hydrogen-bond acceptors (Lipinski definition) is 6. The zero-order valence-electron chi connectivity index (χ0n) is 20.9. The third-order valence-electron chi connectivity index (χ3n) is 6.01. The molecule has 8 nitrogen and oxygen atoms in total. The largest absolute Gasteiger partial charge is 0.505 e. The first-order valence-electron chi connectivity index (χ1n) is 11.5. The zero-order chi connectivity index (χ0) is 26.2. The molecule has 184 valence electrons. The van der Waals surface area contributed by atoms with Gasteiger partial charge in [-0.05, 0) is 72.4 Å². The molecule has 0 saturated carbocycles. The molecule has 1 amide bonds. The number of phenols is 1. The van der Waals surface area contributed by atoms with Crippen molar-refractivity contribution in [2.45, 2.75) is 46.1 Å². The van der Waals surface area contributed by atoms with Gasteiger partial charge in [-0.25, -0.2) is 4.79 Å². The summed E-state index contributed by atoms with van der Waals surface area (Å²) in [4.78, 5) is 24.5. The molecule has 0 spiro atoms. The van der Waals surface area contributed by atoms with Gasteiger partial charge in [0, 0.05) is 5.56 Å². The Labute approximate surface area is 209 Å². The number of anilines is 1. The predicted octanol–water partition coefficient (Wildman–Crippen LogP) is 6.24. The molecule has 1 aliphatic rings. The van der Waals surface area contributed by atoms with E-state index in [0.29, 0.717) is 22.5 Å². The molecule has 0 bridgehead atoms. The van der Waals surface area contributed by atoms with Gasteiger partial charge in [-0.15, -0.1) is 0 Å². The highest BCUT2D eigenvalue weighted by atomic mass is 16.4. The van der Waals surface area contributed by atoms with Crippen LogP contribution in [-0.2, 0) is 10.2 Å². The van der Waals surface area contributed by atoms with Crippen LogP contribution in [0.4, 0.5) is 11.4 Å². The van der Waals surface area contributed by atoms with E-state index in [1.54, 1.807) is 31.2 Å². The molecular weight excluding hydrogens is 456 g/mol. The number of aromatic carboxylic acids is 1. The average molecular weight is 485 g/mol. The highest BCUT2D eigenvalue weighted by Crippen LogP contribution is 2.39. The van der Waals surface area contributed by atoms with Crippen LogP contribution in [0.25, 0.3) is 11.1 Å². The monoisotopic (exact) mass is 484 g/mol. The van der Waals surface area contributed by atoms with Crippen LogP contribution in [-0.4, -0.2) is 33.8 Å². The fraction of sp³-hybridized carbons (Fsp3) is 0.250. The van der Waals surface area contributed by atoms with Crippen LogP contribution in [0.1, 0.15) is 49.2 Å². The first-order valence-corrected chi connectivity index (χ1v) is 11.5. The lowest BCUT2D eigenvalue weighted by Gasteiger charge is -2.20. The van der Waals surface area contributed by atoms with Gasteiger partial charge in [0.2, 0.25) is 0 Å². The number of azo groups is 1. The van der Waals surface area contributed by atoms with Crippen molar-refractivity contribution in [3.05, 3.63) is 77.4 Å². The van der Waals surface area contributed by atoms with E-state index in [0.717, 1.165) is 11.1 Å². The van der Waals surface area contributed by atoms with Crippen molar-refractivity contribution in [3.63, 3.8) is 0 Å². The highest BCUT2D eigenvalue weighted by molar-refractivity contribution is 6.18. The second-order valence-corrected chi connectivity index (χ2v) is 9.87. The van der Waals surface area contributed by atoms with Crippen LogP contribution in [0.15, 0.2) is 76.0 Å². The Kier molecular flexibility index (Phi) is 6.45. The number of aromatic hydroxyl groups is 1. The number of carbonyl (C=O) groups is 2. The second-order valence-electron chi connectivity index (χ2n) is 9.87. The van der Waals surface area contributed by atoms with Crippen LogP contribution in [0.3, 0.4) is 0 Å². The quantitative estimate of drug-likeness (QED) is 0.417. The summed E-state index contributed by atoms with van der Waals surface area (Å²) in [5.74, 6) is -1.54. The maximum atomic E-state index is 13.1. The number of carboxylic acids is 1. The minimum absolute atomic E-state index is 0.00685. The smallest absolute Gasteiger partial charge is 0.335 e. The molecule has 36 heavy (non-hydrogen) atoms. The van der Waals surface area contributed by atoms with Gasteiger partial charge in [0.25, 0.3) is 5.91 Å². The van der Waals surface area contributed by atoms with Gasteiger partial charge in [-0.1, -0.05) is 45.0 Å². The summed E-state index contributed by atoms with van der Waals surface area (Å²) in [5, 5.41) is 34.3. The van der Waals surface area contributed by atoms with Crippen LogP contribution < -0.4 is 5.01 Å². The Hall–Kier alpha value is -4.33.